The fraction of sp³-hybridized carbons (Fsp3) is 1.00. The molecule has 0 fully saturated rings. The summed E-state index contributed by atoms with van der Waals surface area (Å²) < 4.78 is 0. The summed E-state index contributed by atoms with van der Waals surface area (Å²) in [6.07, 6.45) is 23.1. The lowest BCUT2D eigenvalue weighted by atomic mass is 10.0. The van der Waals surface area contributed by atoms with E-state index in [0.717, 1.165) is 5.92 Å². The molecule has 152 valence electrons. The Morgan fingerprint density at radius 3 is 1.20 bits per heavy atom. The summed E-state index contributed by atoms with van der Waals surface area (Å²) in [7, 11) is 0. The Balaban J connectivity index is 3.16. The first-order chi connectivity index (χ1) is 12.2. The highest BCUT2D eigenvalue weighted by atomic mass is 15.1. The molecule has 0 aliphatic carbocycles. The van der Waals surface area contributed by atoms with E-state index in [1.165, 1.54) is 122 Å². The van der Waals surface area contributed by atoms with Crippen LogP contribution in [0.15, 0.2) is 0 Å². The third-order valence-electron chi connectivity index (χ3n) is 5.34. The zero-order valence-corrected chi connectivity index (χ0v) is 18.5. The van der Waals surface area contributed by atoms with Gasteiger partial charge in [-0.25, -0.2) is 0 Å². The van der Waals surface area contributed by atoms with Gasteiger partial charge in [0, 0.05) is 0 Å². The van der Waals surface area contributed by atoms with Gasteiger partial charge in [-0.3, -0.25) is 0 Å². The Morgan fingerprint density at radius 2 is 0.840 bits per heavy atom. The van der Waals surface area contributed by atoms with Gasteiger partial charge >= 0.3 is 0 Å². The summed E-state index contributed by atoms with van der Waals surface area (Å²) >= 11 is 0. The van der Waals surface area contributed by atoms with Gasteiger partial charge in [0.2, 0.25) is 0 Å². The first kappa shape index (κ1) is 25.0. The predicted molar refractivity (Wildman–Crippen MR) is 116 cm³/mol. The summed E-state index contributed by atoms with van der Waals surface area (Å²) in [5.41, 5.74) is 0. The first-order valence-corrected chi connectivity index (χ1v) is 11.9. The predicted octanol–water partition coefficient (Wildman–Crippen LogP) is 8.23. The minimum atomic E-state index is 0.895. The van der Waals surface area contributed by atoms with Crippen LogP contribution >= 0.6 is 0 Å². The van der Waals surface area contributed by atoms with Crippen molar-refractivity contribution in [1.82, 2.24) is 4.90 Å². The van der Waals surface area contributed by atoms with Crippen molar-refractivity contribution in [3.63, 3.8) is 0 Å². The number of unbranched alkanes of at least 4 members (excludes halogenated alkanes) is 12. The van der Waals surface area contributed by atoms with Crippen LogP contribution < -0.4 is 0 Å². The topological polar surface area (TPSA) is 3.24 Å². The maximum absolute atomic E-state index is 2.66. The van der Waals surface area contributed by atoms with E-state index in [-0.39, 0.29) is 0 Å². The van der Waals surface area contributed by atoms with Crippen molar-refractivity contribution in [1.29, 1.82) is 0 Å². The molecule has 0 aliphatic heterocycles. The van der Waals surface area contributed by atoms with Crippen LogP contribution in [-0.4, -0.2) is 24.5 Å². The van der Waals surface area contributed by atoms with Crippen molar-refractivity contribution in [3.8, 4) is 0 Å². The molecule has 0 heterocycles. The second kappa shape index (κ2) is 20.3. The largest absolute Gasteiger partial charge is 0.303 e. The van der Waals surface area contributed by atoms with Crippen molar-refractivity contribution in [2.24, 2.45) is 5.92 Å². The lowest BCUT2D eigenvalue weighted by molar-refractivity contribution is 0.267. The van der Waals surface area contributed by atoms with E-state index in [9.17, 15) is 0 Å². The van der Waals surface area contributed by atoms with Gasteiger partial charge < -0.3 is 4.90 Å². The third kappa shape index (κ3) is 20.1. The van der Waals surface area contributed by atoms with Crippen LogP contribution in [0.1, 0.15) is 130 Å². The molecule has 0 radical (unpaired) electrons. The van der Waals surface area contributed by atoms with Crippen LogP contribution in [0.25, 0.3) is 0 Å². The molecule has 0 aromatic heterocycles. The van der Waals surface area contributed by atoms with Gasteiger partial charge in [-0.1, -0.05) is 111 Å². The van der Waals surface area contributed by atoms with E-state index in [0.29, 0.717) is 0 Å². The van der Waals surface area contributed by atoms with Crippen LogP contribution in [0.4, 0.5) is 0 Å². The molecule has 0 bridgehead atoms. The highest BCUT2D eigenvalue weighted by Gasteiger charge is 2.01. The second-order valence-electron chi connectivity index (χ2n) is 8.62. The third-order valence-corrected chi connectivity index (χ3v) is 5.34. The molecule has 0 saturated carbocycles. The molecule has 1 nitrogen and oxygen atoms in total. The maximum atomic E-state index is 2.66. The van der Waals surface area contributed by atoms with Gasteiger partial charge in [0.25, 0.3) is 0 Å². The average molecular weight is 354 g/mol. The second-order valence-corrected chi connectivity index (χ2v) is 8.62. The number of rotatable bonds is 20. The number of hydrogen-bond acceptors (Lipinski definition) is 1. The molecule has 1 heteroatoms. The highest BCUT2D eigenvalue weighted by Crippen LogP contribution is 2.14. The Hall–Kier alpha value is -0.0400. The van der Waals surface area contributed by atoms with Crippen LogP contribution in [-0.2, 0) is 0 Å². The Morgan fingerprint density at radius 1 is 0.480 bits per heavy atom. The minimum Gasteiger partial charge on any atom is -0.303 e. The van der Waals surface area contributed by atoms with E-state index in [1.54, 1.807) is 0 Å². The first-order valence-electron chi connectivity index (χ1n) is 11.9. The molecule has 0 rings (SSSR count). The summed E-state index contributed by atoms with van der Waals surface area (Å²) in [4.78, 5) is 2.66. The molecule has 0 aliphatic rings. The van der Waals surface area contributed by atoms with Crippen LogP contribution in [0.3, 0.4) is 0 Å². The minimum absolute atomic E-state index is 0.895. The molecule has 0 saturated heterocycles. The lowest BCUT2D eigenvalue weighted by Gasteiger charge is -2.20. The normalized spacial score (nSPS) is 11.8. The monoisotopic (exact) mass is 353 g/mol. The van der Waals surface area contributed by atoms with Crippen LogP contribution in [0.2, 0.25) is 0 Å². The molecule has 0 amide bonds. The van der Waals surface area contributed by atoms with Crippen LogP contribution in [0.5, 0.6) is 0 Å². The van der Waals surface area contributed by atoms with E-state index in [1.807, 2.05) is 0 Å². The van der Waals surface area contributed by atoms with Crippen molar-refractivity contribution in [2.75, 3.05) is 19.6 Å². The summed E-state index contributed by atoms with van der Waals surface area (Å²) in [5, 5.41) is 0. The number of hydrogen-bond donors (Lipinski definition) is 0. The SMILES string of the molecule is CCCN(CCC)CCCCCCCCCCCCCCCC(C)C. The smallest absolute Gasteiger partial charge is 0.00187 e. The summed E-state index contributed by atoms with van der Waals surface area (Å²) in [6, 6.07) is 0. The zero-order valence-electron chi connectivity index (χ0n) is 18.5. The van der Waals surface area contributed by atoms with Gasteiger partial charge in [-0.2, -0.15) is 0 Å². The quantitative estimate of drug-likeness (QED) is 0.199. The molecule has 0 spiro atoms. The molecule has 0 atom stereocenters. The summed E-state index contributed by atoms with van der Waals surface area (Å²) in [5.74, 6) is 0.895. The molecule has 0 N–H and O–H groups in total. The Labute approximate surface area is 161 Å². The molecule has 25 heavy (non-hydrogen) atoms. The molecular formula is C24H51N. The lowest BCUT2D eigenvalue weighted by Crippen LogP contribution is -2.26. The fourth-order valence-corrected chi connectivity index (χ4v) is 3.80. The van der Waals surface area contributed by atoms with Crippen molar-refractivity contribution < 1.29 is 0 Å². The molecular weight excluding hydrogens is 302 g/mol. The van der Waals surface area contributed by atoms with Crippen molar-refractivity contribution in [3.05, 3.63) is 0 Å². The van der Waals surface area contributed by atoms with Gasteiger partial charge in [-0.15, -0.1) is 0 Å². The van der Waals surface area contributed by atoms with Crippen molar-refractivity contribution >= 4 is 0 Å². The number of nitrogens with zero attached hydrogens (tertiary/aromatic N) is 1. The molecule has 0 aromatic rings. The average Bonchev–Trinajstić information content (AvgIpc) is 2.58. The Bertz CT molecular complexity index is 230. The fourth-order valence-electron chi connectivity index (χ4n) is 3.80. The van der Waals surface area contributed by atoms with Gasteiger partial charge in [0.1, 0.15) is 0 Å². The standard InChI is InChI=1S/C24H51N/c1-5-21-25(22-6-2)23-19-17-15-13-11-9-7-8-10-12-14-16-18-20-24(3)4/h24H,5-23H2,1-4H3. The highest BCUT2D eigenvalue weighted by molar-refractivity contribution is 4.57. The van der Waals surface area contributed by atoms with Crippen LogP contribution in [0, 0.1) is 5.92 Å². The van der Waals surface area contributed by atoms with Gasteiger partial charge in [0.05, 0.1) is 0 Å². The van der Waals surface area contributed by atoms with E-state index < -0.39 is 0 Å². The molecule has 0 unspecified atom stereocenters. The van der Waals surface area contributed by atoms with Gasteiger partial charge in [0.15, 0.2) is 0 Å². The molecule has 0 aromatic carbocycles. The zero-order chi connectivity index (χ0) is 18.6. The van der Waals surface area contributed by atoms with E-state index in [4.69, 9.17) is 0 Å². The van der Waals surface area contributed by atoms with Crippen molar-refractivity contribution in [2.45, 2.75) is 130 Å². The van der Waals surface area contributed by atoms with E-state index >= 15 is 0 Å². The van der Waals surface area contributed by atoms with Gasteiger partial charge in [-0.05, 0) is 44.8 Å². The Kier molecular flexibility index (Phi) is 20.2. The summed E-state index contributed by atoms with van der Waals surface area (Å²) in [6.45, 7) is 13.2. The maximum Gasteiger partial charge on any atom is -0.00187 e. The van der Waals surface area contributed by atoms with E-state index in [2.05, 4.69) is 32.6 Å².